The Labute approximate surface area is 86.0 Å². The third-order valence-electron chi connectivity index (χ3n) is 1.82. The lowest BCUT2D eigenvalue weighted by molar-refractivity contribution is 1.23. The highest BCUT2D eigenvalue weighted by Crippen LogP contribution is 2.20. The molecule has 1 N–H and O–H groups in total. The first-order valence-corrected chi connectivity index (χ1v) is 4.38. The minimum atomic E-state index is 0.306. The van der Waals surface area contributed by atoms with Gasteiger partial charge in [0.2, 0.25) is 5.82 Å². The third-order valence-corrected chi connectivity index (χ3v) is 2.05. The van der Waals surface area contributed by atoms with Crippen molar-refractivity contribution in [2.75, 3.05) is 0 Å². The average Bonchev–Trinajstić information content (AvgIpc) is 2.66. The van der Waals surface area contributed by atoms with Crippen LogP contribution < -0.4 is 0 Å². The Morgan fingerprint density at radius 1 is 1.43 bits per heavy atom. The van der Waals surface area contributed by atoms with E-state index in [-0.39, 0.29) is 0 Å². The van der Waals surface area contributed by atoms with E-state index in [1.165, 1.54) is 0 Å². The van der Waals surface area contributed by atoms with E-state index in [9.17, 15) is 0 Å². The molecule has 0 saturated heterocycles. The number of hydrogen-bond donors (Lipinski definition) is 1. The number of nitriles is 1. The van der Waals surface area contributed by atoms with Crippen molar-refractivity contribution in [3.05, 3.63) is 41.3 Å². The van der Waals surface area contributed by atoms with Crippen LogP contribution in [0.25, 0.3) is 11.3 Å². The fraction of sp³-hybridized carbons (Fsp3) is 0. The molecular weight excluding hydrogens is 198 g/mol. The molecule has 1 aromatic carbocycles. The smallest absolute Gasteiger partial charge is 0.210 e. The molecule has 0 aliphatic rings. The Morgan fingerprint density at radius 3 is 2.93 bits per heavy atom. The van der Waals surface area contributed by atoms with Crippen molar-refractivity contribution in [3.63, 3.8) is 0 Å². The number of rotatable bonds is 1. The van der Waals surface area contributed by atoms with Gasteiger partial charge in [-0.25, -0.2) is 4.98 Å². The first kappa shape index (κ1) is 8.79. The minimum Gasteiger partial charge on any atom is -0.329 e. The van der Waals surface area contributed by atoms with Crippen molar-refractivity contribution in [1.29, 1.82) is 5.26 Å². The number of hydrogen-bond acceptors (Lipinski definition) is 2. The van der Waals surface area contributed by atoms with E-state index in [0.717, 1.165) is 11.3 Å². The fourth-order valence-corrected chi connectivity index (χ4v) is 1.37. The van der Waals surface area contributed by atoms with E-state index < -0.39 is 0 Å². The van der Waals surface area contributed by atoms with Crippen molar-refractivity contribution < 1.29 is 0 Å². The zero-order valence-corrected chi connectivity index (χ0v) is 7.92. The van der Waals surface area contributed by atoms with Gasteiger partial charge in [0.05, 0.1) is 11.9 Å². The molecule has 0 spiro atoms. The van der Waals surface area contributed by atoms with Gasteiger partial charge in [-0.3, -0.25) is 0 Å². The topological polar surface area (TPSA) is 52.5 Å². The second-order valence-corrected chi connectivity index (χ2v) is 3.20. The predicted octanol–water partition coefficient (Wildman–Crippen LogP) is 2.60. The van der Waals surface area contributed by atoms with Crippen molar-refractivity contribution in [3.8, 4) is 17.3 Å². The van der Waals surface area contributed by atoms with Gasteiger partial charge >= 0.3 is 0 Å². The lowest BCUT2D eigenvalue weighted by Gasteiger charge is -1.96. The van der Waals surface area contributed by atoms with Gasteiger partial charge in [-0.2, -0.15) is 5.26 Å². The van der Waals surface area contributed by atoms with Gasteiger partial charge in [-0.05, 0) is 12.1 Å². The lowest BCUT2D eigenvalue weighted by Crippen LogP contribution is -1.78. The Bertz CT molecular complexity index is 496. The van der Waals surface area contributed by atoms with Crippen LogP contribution in [0.1, 0.15) is 5.82 Å². The predicted molar refractivity (Wildman–Crippen MR) is 53.7 cm³/mol. The number of aromatic amines is 1. The molecule has 0 radical (unpaired) electrons. The van der Waals surface area contributed by atoms with Gasteiger partial charge in [0.1, 0.15) is 6.07 Å². The van der Waals surface area contributed by atoms with E-state index >= 15 is 0 Å². The van der Waals surface area contributed by atoms with E-state index in [1.54, 1.807) is 12.3 Å². The normalized spacial score (nSPS) is 9.71. The first-order valence-electron chi connectivity index (χ1n) is 4.00. The Morgan fingerprint density at radius 2 is 2.29 bits per heavy atom. The number of nitrogens with zero attached hydrogens (tertiary/aromatic N) is 2. The summed E-state index contributed by atoms with van der Waals surface area (Å²) in [6, 6.07) is 9.30. The molecule has 0 atom stereocenters. The molecule has 4 heteroatoms. The molecule has 14 heavy (non-hydrogen) atoms. The SMILES string of the molecule is N#Cc1ncc(-c2cccc(Cl)c2)[nH]1. The van der Waals surface area contributed by atoms with Crippen molar-refractivity contribution in [2.24, 2.45) is 0 Å². The molecule has 3 nitrogen and oxygen atoms in total. The fourth-order valence-electron chi connectivity index (χ4n) is 1.18. The maximum absolute atomic E-state index is 8.58. The molecule has 1 aromatic heterocycles. The van der Waals surface area contributed by atoms with Gasteiger partial charge < -0.3 is 4.98 Å². The molecule has 2 rings (SSSR count). The maximum atomic E-state index is 8.58. The highest BCUT2D eigenvalue weighted by Gasteiger charge is 2.02. The first-order chi connectivity index (χ1) is 6.79. The number of nitrogens with one attached hydrogen (secondary N) is 1. The molecular formula is C10H6ClN3. The van der Waals surface area contributed by atoms with E-state index in [1.807, 2.05) is 24.3 Å². The summed E-state index contributed by atoms with van der Waals surface area (Å²) < 4.78 is 0. The molecule has 0 amide bonds. The largest absolute Gasteiger partial charge is 0.329 e. The third kappa shape index (κ3) is 1.61. The average molecular weight is 204 g/mol. The van der Waals surface area contributed by atoms with Crippen molar-refractivity contribution >= 4 is 11.6 Å². The Balaban J connectivity index is 2.45. The number of halogens is 1. The zero-order chi connectivity index (χ0) is 9.97. The van der Waals surface area contributed by atoms with Crippen LogP contribution in [0, 0.1) is 11.3 Å². The van der Waals surface area contributed by atoms with Crippen molar-refractivity contribution in [2.45, 2.75) is 0 Å². The number of H-pyrrole nitrogens is 1. The van der Waals surface area contributed by atoms with Gasteiger partial charge in [-0.1, -0.05) is 23.7 Å². The summed E-state index contributed by atoms with van der Waals surface area (Å²) in [7, 11) is 0. The second kappa shape index (κ2) is 3.52. The number of benzene rings is 1. The lowest BCUT2D eigenvalue weighted by atomic mass is 10.2. The van der Waals surface area contributed by atoms with Crippen LogP contribution in [0.15, 0.2) is 30.5 Å². The maximum Gasteiger partial charge on any atom is 0.210 e. The molecule has 2 aromatic rings. The summed E-state index contributed by atoms with van der Waals surface area (Å²) in [4.78, 5) is 6.76. The van der Waals surface area contributed by atoms with Crippen LogP contribution in [0.5, 0.6) is 0 Å². The summed E-state index contributed by atoms with van der Waals surface area (Å²) in [6.07, 6.45) is 1.62. The summed E-state index contributed by atoms with van der Waals surface area (Å²) in [5.41, 5.74) is 1.72. The Kier molecular flexibility index (Phi) is 2.21. The summed E-state index contributed by atoms with van der Waals surface area (Å²) in [5.74, 6) is 0.306. The van der Waals surface area contributed by atoms with Gasteiger partial charge in [0.25, 0.3) is 0 Å². The van der Waals surface area contributed by atoms with Crippen LogP contribution >= 0.6 is 11.6 Å². The second-order valence-electron chi connectivity index (χ2n) is 2.77. The summed E-state index contributed by atoms with van der Waals surface area (Å²) in [5, 5.41) is 9.25. The minimum absolute atomic E-state index is 0.306. The van der Waals surface area contributed by atoms with Crippen LogP contribution in [0.4, 0.5) is 0 Å². The van der Waals surface area contributed by atoms with Crippen LogP contribution in [-0.4, -0.2) is 9.97 Å². The van der Waals surface area contributed by atoms with Gasteiger partial charge in [-0.15, -0.1) is 0 Å². The highest BCUT2D eigenvalue weighted by atomic mass is 35.5. The highest BCUT2D eigenvalue weighted by molar-refractivity contribution is 6.30. The van der Waals surface area contributed by atoms with Gasteiger partial charge in [0, 0.05) is 10.6 Å². The number of aromatic nitrogens is 2. The van der Waals surface area contributed by atoms with E-state index in [2.05, 4.69) is 9.97 Å². The van der Waals surface area contributed by atoms with E-state index in [0.29, 0.717) is 10.8 Å². The van der Waals surface area contributed by atoms with Crippen LogP contribution in [0.3, 0.4) is 0 Å². The zero-order valence-electron chi connectivity index (χ0n) is 7.16. The molecule has 0 bridgehead atoms. The summed E-state index contributed by atoms with van der Waals surface area (Å²) >= 11 is 5.84. The summed E-state index contributed by atoms with van der Waals surface area (Å²) in [6.45, 7) is 0. The standard InChI is InChI=1S/C10H6ClN3/c11-8-3-1-2-7(4-8)9-6-13-10(5-12)14-9/h1-4,6H,(H,13,14). The van der Waals surface area contributed by atoms with Gasteiger partial charge in [0.15, 0.2) is 0 Å². The van der Waals surface area contributed by atoms with Crippen LogP contribution in [0.2, 0.25) is 5.02 Å². The molecule has 68 valence electrons. The molecule has 1 heterocycles. The molecule has 0 aliphatic heterocycles. The Hall–Kier alpha value is -1.79. The monoisotopic (exact) mass is 203 g/mol. The molecule has 0 aliphatic carbocycles. The molecule has 0 fully saturated rings. The molecule has 0 unspecified atom stereocenters. The quantitative estimate of drug-likeness (QED) is 0.775. The van der Waals surface area contributed by atoms with Crippen LogP contribution in [-0.2, 0) is 0 Å². The van der Waals surface area contributed by atoms with E-state index in [4.69, 9.17) is 16.9 Å². The molecule has 0 saturated carbocycles. The van der Waals surface area contributed by atoms with Crippen molar-refractivity contribution in [1.82, 2.24) is 9.97 Å². The number of imidazole rings is 1.